The van der Waals surface area contributed by atoms with E-state index >= 15 is 0 Å². The van der Waals surface area contributed by atoms with E-state index in [2.05, 4.69) is 0 Å². The lowest BCUT2D eigenvalue weighted by Gasteiger charge is -2.26. The zero-order valence-corrected chi connectivity index (χ0v) is 11.7. The Morgan fingerprint density at radius 1 is 1.21 bits per heavy atom. The molecule has 0 spiro atoms. The number of thioether (sulfide) groups is 1. The smallest absolute Gasteiger partial charge is 0.410 e. The largest absolute Gasteiger partial charge is 0.438 e. The highest BCUT2D eigenvalue weighted by molar-refractivity contribution is 7.99. The van der Waals surface area contributed by atoms with E-state index in [0.717, 1.165) is 11.5 Å². The average molecular weight is 279 g/mol. The van der Waals surface area contributed by atoms with Crippen molar-refractivity contribution >= 4 is 23.6 Å². The Morgan fingerprint density at radius 2 is 1.84 bits per heavy atom. The van der Waals surface area contributed by atoms with E-state index in [0.29, 0.717) is 18.7 Å². The Kier molecular flexibility index (Phi) is 4.85. The van der Waals surface area contributed by atoms with Gasteiger partial charge in [0.05, 0.1) is 0 Å². The highest BCUT2D eigenvalue weighted by Crippen LogP contribution is 2.12. The first-order valence-corrected chi connectivity index (χ1v) is 7.46. The van der Waals surface area contributed by atoms with Gasteiger partial charge in [-0.1, -0.05) is 30.3 Å². The molecule has 0 saturated carbocycles. The molecule has 5 heteroatoms. The van der Waals surface area contributed by atoms with Gasteiger partial charge in [0.2, 0.25) is 5.78 Å². The van der Waals surface area contributed by atoms with Gasteiger partial charge in [0.25, 0.3) is 0 Å². The number of nitrogens with zero attached hydrogens (tertiary/aromatic N) is 1. The number of hydrogen-bond acceptors (Lipinski definition) is 4. The number of hydrogen-bond donors (Lipinski definition) is 0. The molecule has 1 aromatic carbocycles. The molecular formula is C14H17NO3S. The van der Waals surface area contributed by atoms with E-state index < -0.39 is 12.2 Å². The first-order chi connectivity index (χ1) is 9.18. The quantitative estimate of drug-likeness (QED) is 0.797. The standard InChI is InChI=1S/C14H17NO3S/c1-11(13(16)12-5-3-2-4-6-12)18-14(17)15-7-9-19-10-8-15/h2-6,11H,7-10H2,1H3/t11-/m1/s1. The van der Waals surface area contributed by atoms with Crippen LogP contribution in [0.1, 0.15) is 17.3 Å². The van der Waals surface area contributed by atoms with Crippen molar-refractivity contribution in [3.8, 4) is 0 Å². The lowest BCUT2D eigenvalue weighted by atomic mass is 10.1. The van der Waals surface area contributed by atoms with E-state index in [4.69, 9.17) is 4.74 Å². The number of benzene rings is 1. The van der Waals surface area contributed by atoms with Gasteiger partial charge in [0, 0.05) is 30.2 Å². The van der Waals surface area contributed by atoms with E-state index in [9.17, 15) is 9.59 Å². The van der Waals surface area contributed by atoms with Crippen molar-refractivity contribution < 1.29 is 14.3 Å². The van der Waals surface area contributed by atoms with Gasteiger partial charge < -0.3 is 9.64 Å². The molecule has 1 aliphatic heterocycles. The summed E-state index contributed by atoms with van der Waals surface area (Å²) in [4.78, 5) is 25.6. The second-order valence-corrected chi connectivity index (χ2v) is 5.58. The van der Waals surface area contributed by atoms with Gasteiger partial charge in [0.15, 0.2) is 6.10 Å². The Balaban J connectivity index is 1.91. The summed E-state index contributed by atoms with van der Waals surface area (Å²) in [6.07, 6.45) is -1.14. The lowest BCUT2D eigenvalue weighted by molar-refractivity contribution is 0.0549. The summed E-state index contributed by atoms with van der Waals surface area (Å²) in [5, 5.41) is 0. The summed E-state index contributed by atoms with van der Waals surface area (Å²) in [5.41, 5.74) is 0.567. The van der Waals surface area contributed by atoms with Crippen LogP contribution in [0.15, 0.2) is 30.3 Å². The highest BCUT2D eigenvalue weighted by atomic mass is 32.2. The van der Waals surface area contributed by atoms with Gasteiger partial charge in [-0.2, -0.15) is 11.8 Å². The maximum absolute atomic E-state index is 12.1. The SMILES string of the molecule is C[C@@H](OC(=O)N1CCSCC1)C(=O)c1ccccc1. The molecule has 0 aromatic heterocycles. The van der Waals surface area contributed by atoms with Crippen LogP contribution in [0.2, 0.25) is 0 Å². The van der Waals surface area contributed by atoms with Crippen LogP contribution in [0.4, 0.5) is 4.79 Å². The minimum Gasteiger partial charge on any atom is -0.438 e. The van der Waals surface area contributed by atoms with Crippen molar-refractivity contribution in [3.63, 3.8) is 0 Å². The van der Waals surface area contributed by atoms with Crippen molar-refractivity contribution in [1.82, 2.24) is 4.90 Å². The Labute approximate surface area is 117 Å². The molecule has 0 aliphatic carbocycles. The number of carbonyl (C=O) groups excluding carboxylic acids is 2. The van der Waals surface area contributed by atoms with Crippen molar-refractivity contribution in [1.29, 1.82) is 0 Å². The molecule has 0 bridgehead atoms. The van der Waals surface area contributed by atoms with Crippen molar-refractivity contribution in [2.75, 3.05) is 24.6 Å². The van der Waals surface area contributed by atoms with Gasteiger partial charge in [-0.15, -0.1) is 0 Å². The third-order valence-corrected chi connectivity index (χ3v) is 3.92. The van der Waals surface area contributed by atoms with Crippen LogP contribution in [-0.2, 0) is 4.74 Å². The molecule has 4 nitrogen and oxygen atoms in total. The van der Waals surface area contributed by atoms with Crippen LogP contribution in [0.5, 0.6) is 0 Å². The number of amides is 1. The van der Waals surface area contributed by atoms with Gasteiger partial charge in [-0.05, 0) is 6.92 Å². The summed E-state index contributed by atoms with van der Waals surface area (Å²) in [6, 6.07) is 8.89. The lowest BCUT2D eigenvalue weighted by Crippen LogP contribution is -2.40. The van der Waals surface area contributed by atoms with Gasteiger partial charge in [-0.3, -0.25) is 4.79 Å². The fraction of sp³-hybridized carbons (Fsp3) is 0.429. The first-order valence-electron chi connectivity index (χ1n) is 6.31. The number of rotatable bonds is 3. The van der Waals surface area contributed by atoms with Gasteiger partial charge >= 0.3 is 6.09 Å². The first kappa shape index (κ1) is 13.9. The van der Waals surface area contributed by atoms with Gasteiger partial charge in [-0.25, -0.2) is 4.79 Å². The fourth-order valence-electron chi connectivity index (χ4n) is 1.86. The minimum absolute atomic E-state index is 0.166. The van der Waals surface area contributed by atoms with E-state index in [1.54, 1.807) is 36.1 Å². The molecule has 0 radical (unpaired) electrons. The summed E-state index contributed by atoms with van der Waals surface area (Å²) >= 11 is 1.82. The van der Waals surface area contributed by atoms with Crippen LogP contribution in [-0.4, -0.2) is 47.5 Å². The highest BCUT2D eigenvalue weighted by Gasteiger charge is 2.24. The molecule has 1 atom stereocenters. The Hall–Kier alpha value is -1.49. The minimum atomic E-state index is -0.746. The fourth-order valence-corrected chi connectivity index (χ4v) is 2.77. The second-order valence-electron chi connectivity index (χ2n) is 4.36. The topological polar surface area (TPSA) is 46.6 Å². The zero-order valence-electron chi connectivity index (χ0n) is 10.9. The third-order valence-electron chi connectivity index (χ3n) is 2.97. The number of ketones is 1. The Bertz CT molecular complexity index is 443. The molecule has 1 amide bonds. The molecule has 1 fully saturated rings. The van der Waals surface area contributed by atoms with E-state index in [-0.39, 0.29) is 5.78 Å². The van der Waals surface area contributed by atoms with Gasteiger partial charge in [0.1, 0.15) is 0 Å². The third kappa shape index (κ3) is 3.73. The van der Waals surface area contributed by atoms with E-state index in [1.807, 2.05) is 17.8 Å². The zero-order chi connectivity index (χ0) is 13.7. The number of Topliss-reactive ketones (excluding diaryl/α,β-unsaturated/α-hetero) is 1. The van der Waals surface area contributed by atoms with Crippen LogP contribution < -0.4 is 0 Å². The van der Waals surface area contributed by atoms with Crippen LogP contribution in [0.25, 0.3) is 0 Å². The Morgan fingerprint density at radius 3 is 2.47 bits per heavy atom. The predicted molar refractivity (Wildman–Crippen MR) is 75.6 cm³/mol. The average Bonchev–Trinajstić information content (AvgIpc) is 2.48. The predicted octanol–water partition coefficient (Wildman–Crippen LogP) is 2.44. The molecule has 1 heterocycles. The molecule has 0 N–H and O–H groups in total. The summed E-state index contributed by atoms with van der Waals surface area (Å²) < 4.78 is 5.23. The summed E-state index contributed by atoms with van der Waals surface area (Å²) in [5.74, 6) is 1.69. The van der Waals surface area contributed by atoms with Crippen LogP contribution >= 0.6 is 11.8 Å². The van der Waals surface area contributed by atoms with Crippen molar-refractivity contribution in [3.05, 3.63) is 35.9 Å². The molecule has 1 saturated heterocycles. The maximum Gasteiger partial charge on any atom is 0.410 e. The van der Waals surface area contributed by atoms with Crippen LogP contribution in [0.3, 0.4) is 0 Å². The van der Waals surface area contributed by atoms with Crippen molar-refractivity contribution in [2.45, 2.75) is 13.0 Å². The molecule has 2 rings (SSSR count). The molecule has 0 unspecified atom stereocenters. The molecule has 19 heavy (non-hydrogen) atoms. The number of ether oxygens (including phenoxy) is 1. The maximum atomic E-state index is 12.1. The molecule has 102 valence electrons. The normalized spacial score (nSPS) is 16.8. The van der Waals surface area contributed by atoms with Crippen molar-refractivity contribution in [2.24, 2.45) is 0 Å². The van der Waals surface area contributed by atoms with Crippen LogP contribution in [0, 0.1) is 0 Å². The van der Waals surface area contributed by atoms with E-state index in [1.165, 1.54) is 0 Å². The number of carbonyl (C=O) groups is 2. The molecule has 1 aliphatic rings. The molecular weight excluding hydrogens is 262 g/mol. The molecule has 1 aromatic rings. The monoisotopic (exact) mass is 279 g/mol. The second kappa shape index (κ2) is 6.61. The summed E-state index contributed by atoms with van der Waals surface area (Å²) in [7, 11) is 0. The summed E-state index contributed by atoms with van der Waals surface area (Å²) in [6.45, 7) is 3.00.